The molecule has 0 bridgehead atoms. The first-order chi connectivity index (χ1) is 13.0. The van der Waals surface area contributed by atoms with Crippen molar-refractivity contribution in [3.05, 3.63) is 52.0 Å². The number of hydrogen-bond acceptors (Lipinski definition) is 2. The number of ether oxygens (including phenoxy) is 1. The van der Waals surface area contributed by atoms with E-state index in [0.717, 1.165) is 11.6 Å². The average molecular weight is 413 g/mol. The lowest BCUT2D eigenvalue weighted by Gasteiger charge is -2.17. The molecule has 0 fully saturated rings. The lowest BCUT2D eigenvalue weighted by Crippen LogP contribution is -2.14. The van der Waals surface area contributed by atoms with Gasteiger partial charge in [-0.05, 0) is 61.2 Å². The minimum absolute atomic E-state index is 0.118. The van der Waals surface area contributed by atoms with E-state index in [0.29, 0.717) is 22.9 Å². The van der Waals surface area contributed by atoms with Gasteiger partial charge in [0, 0.05) is 18.6 Å². The number of alkyl halides is 3. The lowest BCUT2D eigenvalue weighted by molar-refractivity contribution is -0.138. The van der Waals surface area contributed by atoms with E-state index >= 15 is 0 Å². The minimum Gasteiger partial charge on any atom is -0.457 e. The first-order valence-electron chi connectivity index (χ1n) is 8.96. The van der Waals surface area contributed by atoms with E-state index in [9.17, 15) is 13.2 Å². The fourth-order valence-electron chi connectivity index (χ4n) is 2.51. The van der Waals surface area contributed by atoms with Gasteiger partial charge in [0.2, 0.25) is 0 Å². The number of halogens is 4. The van der Waals surface area contributed by atoms with Gasteiger partial charge in [0.05, 0.1) is 12.0 Å². The lowest BCUT2D eigenvalue weighted by atomic mass is 10.0. The van der Waals surface area contributed by atoms with Crippen molar-refractivity contribution in [3.63, 3.8) is 0 Å². The number of hydrogen-bond donors (Lipinski definition) is 0. The Bertz CT molecular complexity index is 863. The fraction of sp³-hybridized carbons (Fsp3) is 0.381. The van der Waals surface area contributed by atoms with E-state index in [4.69, 9.17) is 16.3 Å². The van der Waals surface area contributed by atoms with Crippen LogP contribution in [-0.4, -0.2) is 24.8 Å². The highest BCUT2D eigenvalue weighted by molar-refractivity contribution is 6.31. The van der Waals surface area contributed by atoms with Crippen molar-refractivity contribution in [2.75, 3.05) is 13.6 Å². The summed E-state index contributed by atoms with van der Waals surface area (Å²) in [6, 6.07) is 7.25. The van der Waals surface area contributed by atoms with E-state index in [1.165, 1.54) is 12.4 Å². The zero-order valence-electron chi connectivity index (χ0n) is 16.6. The summed E-state index contributed by atoms with van der Waals surface area (Å²) in [4.78, 5) is 5.95. The molecule has 0 aliphatic rings. The van der Waals surface area contributed by atoms with Gasteiger partial charge in [-0.3, -0.25) is 0 Å². The van der Waals surface area contributed by atoms with Gasteiger partial charge in [0.1, 0.15) is 17.1 Å². The molecule has 2 aromatic rings. The third-order valence-corrected chi connectivity index (χ3v) is 4.66. The molecule has 152 valence electrons. The largest absolute Gasteiger partial charge is 0.457 e. The van der Waals surface area contributed by atoms with Crippen LogP contribution in [0.25, 0.3) is 0 Å². The van der Waals surface area contributed by atoms with Crippen molar-refractivity contribution in [1.82, 2.24) is 4.90 Å². The Kier molecular flexibility index (Phi) is 6.99. The molecule has 0 saturated carbocycles. The number of aliphatic imine (C=N–C) groups is 1. The van der Waals surface area contributed by atoms with Gasteiger partial charge in [0.15, 0.2) is 0 Å². The molecule has 0 aliphatic heterocycles. The molecule has 0 saturated heterocycles. The standard InChI is InChI=1S/C21H24ClF3N2O/c1-6-27(5)12-26-19-11-17(21(23,24)25)20(9-14(19)4)28-15-7-8-18(22)16(10-15)13(2)3/h7-13H,6H2,1-5H3. The maximum absolute atomic E-state index is 13.6. The highest BCUT2D eigenvalue weighted by Crippen LogP contribution is 2.42. The van der Waals surface area contributed by atoms with E-state index in [2.05, 4.69) is 4.99 Å². The van der Waals surface area contributed by atoms with Crippen LogP contribution in [0.5, 0.6) is 11.5 Å². The molecule has 2 aromatic carbocycles. The molecule has 0 aliphatic carbocycles. The van der Waals surface area contributed by atoms with E-state index in [1.807, 2.05) is 20.8 Å². The van der Waals surface area contributed by atoms with Crippen LogP contribution in [0.4, 0.5) is 18.9 Å². The number of rotatable bonds is 6. The van der Waals surface area contributed by atoms with Gasteiger partial charge >= 0.3 is 6.18 Å². The van der Waals surface area contributed by atoms with Crippen LogP contribution in [0.3, 0.4) is 0 Å². The molecule has 7 heteroatoms. The molecule has 0 unspecified atom stereocenters. The van der Waals surface area contributed by atoms with Crippen LogP contribution < -0.4 is 4.74 Å². The Morgan fingerprint density at radius 1 is 1.21 bits per heavy atom. The van der Waals surface area contributed by atoms with Crippen LogP contribution in [0.15, 0.2) is 35.3 Å². The van der Waals surface area contributed by atoms with E-state index < -0.39 is 11.7 Å². The summed E-state index contributed by atoms with van der Waals surface area (Å²) in [6.07, 6.45) is -3.06. The molecule has 2 rings (SSSR count). The van der Waals surface area contributed by atoms with Crippen molar-refractivity contribution in [2.45, 2.75) is 39.8 Å². The Balaban J connectivity index is 2.48. The SMILES string of the molecule is CCN(C)C=Nc1cc(C(F)(F)F)c(Oc2ccc(Cl)c(C(C)C)c2)cc1C. The molecule has 0 aromatic heterocycles. The highest BCUT2D eigenvalue weighted by atomic mass is 35.5. The van der Waals surface area contributed by atoms with Crippen molar-refractivity contribution in [2.24, 2.45) is 4.99 Å². The zero-order chi connectivity index (χ0) is 21.1. The second-order valence-electron chi connectivity index (χ2n) is 6.89. The monoisotopic (exact) mass is 412 g/mol. The predicted octanol–water partition coefficient (Wildman–Crippen LogP) is 7.19. The molecular formula is C21H24ClF3N2O. The van der Waals surface area contributed by atoms with Crippen molar-refractivity contribution < 1.29 is 17.9 Å². The zero-order valence-corrected chi connectivity index (χ0v) is 17.3. The Hall–Kier alpha value is -2.21. The van der Waals surface area contributed by atoms with Crippen LogP contribution in [0.1, 0.15) is 43.4 Å². The van der Waals surface area contributed by atoms with Gasteiger partial charge in [-0.25, -0.2) is 4.99 Å². The minimum atomic E-state index is -4.57. The summed E-state index contributed by atoms with van der Waals surface area (Å²) >= 11 is 6.16. The average Bonchev–Trinajstić information content (AvgIpc) is 2.61. The predicted molar refractivity (Wildman–Crippen MR) is 108 cm³/mol. The summed E-state index contributed by atoms with van der Waals surface area (Å²) in [5.74, 6) is 0.164. The Morgan fingerprint density at radius 2 is 1.89 bits per heavy atom. The molecule has 0 spiro atoms. The van der Waals surface area contributed by atoms with Crippen LogP contribution >= 0.6 is 11.6 Å². The first kappa shape index (κ1) is 22.1. The number of benzene rings is 2. The van der Waals surface area contributed by atoms with Gasteiger partial charge in [-0.1, -0.05) is 25.4 Å². The molecular weight excluding hydrogens is 389 g/mol. The van der Waals surface area contributed by atoms with Gasteiger partial charge in [-0.2, -0.15) is 13.2 Å². The Morgan fingerprint density at radius 3 is 2.46 bits per heavy atom. The first-order valence-corrected chi connectivity index (χ1v) is 9.34. The van der Waals surface area contributed by atoms with Crippen molar-refractivity contribution in [3.8, 4) is 11.5 Å². The summed E-state index contributed by atoms with van der Waals surface area (Å²) in [5, 5.41) is 0.555. The molecule has 28 heavy (non-hydrogen) atoms. The number of nitrogens with zero attached hydrogens (tertiary/aromatic N) is 2. The summed E-state index contributed by atoms with van der Waals surface area (Å²) < 4.78 is 46.5. The Labute approximate surface area is 168 Å². The highest BCUT2D eigenvalue weighted by Gasteiger charge is 2.35. The normalized spacial score (nSPS) is 12.1. The smallest absolute Gasteiger partial charge is 0.420 e. The van der Waals surface area contributed by atoms with Gasteiger partial charge in [0.25, 0.3) is 0 Å². The second kappa shape index (κ2) is 8.86. The summed E-state index contributed by atoms with van der Waals surface area (Å²) in [6.45, 7) is 8.24. The van der Waals surface area contributed by atoms with Crippen LogP contribution in [0, 0.1) is 6.92 Å². The second-order valence-corrected chi connectivity index (χ2v) is 7.30. The van der Waals surface area contributed by atoms with Crippen LogP contribution in [0.2, 0.25) is 5.02 Å². The maximum Gasteiger partial charge on any atom is 0.420 e. The third kappa shape index (κ3) is 5.41. The van der Waals surface area contributed by atoms with E-state index in [1.54, 1.807) is 37.1 Å². The number of aryl methyl sites for hydroxylation is 1. The molecule has 0 amide bonds. The molecule has 0 N–H and O–H groups in total. The van der Waals surface area contributed by atoms with Gasteiger partial charge in [-0.15, -0.1) is 0 Å². The molecule has 0 radical (unpaired) electrons. The topological polar surface area (TPSA) is 24.8 Å². The third-order valence-electron chi connectivity index (χ3n) is 4.31. The fourth-order valence-corrected chi connectivity index (χ4v) is 2.85. The van der Waals surface area contributed by atoms with Crippen molar-refractivity contribution in [1.29, 1.82) is 0 Å². The maximum atomic E-state index is 13.6. The molecule has 0 atom stereocenters. The van der Waals surface area contributed by atoms with Gasteiger partial charge < -0.3 is 9.64 Å². The molecule has 0 heterocycles. The summed E-state index contributed by atoms with van der Waals surface area (Å²) in [7, 11) is 1.80. The van der Waals surface area contributed by atoms with Crippen LogP contribution in [-0.2, 0) is 6.18 Å². The van der Waals surface area contributed by atoms with Crippen molar-refractivity contribution >= 4 is 23.6 Å². The quantitative estimate of drug-likeness (QED) is 0.370. The summed E-state index contributed by atoms with van der Waals surface area (Å²) in [5.41, 5.74) is 0.777. The molecule has 3 nitrogen and oxygen atoms in total. The van der Waals surface area contributed by atoms with E-state index in [-0.39, 0.29) is 17.4 Å².